The van der Waals surface area contributed by atoms with E-state index in [1.54, 1.807) is 13.8 Å². The van der Waals surface area contributed by atoms with Crippen LogP contribution in [0.1, 0.15) is 78.2 Å². The maximum atomic E-state index is 14.5. The van der Waals surface area contributed by atoms with Crippen LogP contribution in [0.3, 0.4) is 0 Å². The largest absolute Gasteiger partial charge is 0.508 e. The van der Waals surface area contributed by atoms with E-state index in [1.807, 2.05) is 19.3 Å². The fourth-order valence-electron chi connectivity index (χ4n) is 7.40. The predicted octanol–water partition coefficient (Wildman–Crippen LogP) is -4.10. The zero-order chi connectivity index (χ0) is 52.2. The summed E-state index contributed by atoms with van der Waals surface area (Å²) in [6.45, 7) is 6.59. The summed E-state index contributed by atoms with van der Waals surface area (Å²) in [5, 5.41) is 27.7. The molecule has 11 amide bonds. The van der Waals surface area contributed by atoms with Gasteiger partial charge in [-0.2, -0.15) is 0 Å². The average molecular weight is 1020 g/mol. The van der Waals surface area contributed by atoms with E-state index >= 15 is 0 Å². The maximum absolute atomic E-state index is 14.5. The number of hydrazine groups is 1. The van der Waals surface area contributed by atoms with Gasteiger partial charge in [-0.15, -0.1) is 0 Å². The SMILES string of the molecule is CCC(C)C1NC(=O)C(Cc2ccc(O)cc2)NC(=O)C(N)CSSCC(C(=O)N2CCCC2C(=O)NC(CC(C)C)C(=O)NCC(N)=O)NC(=O)C(CC(N)=O)NC(=O)C(CCC(=O)NN)NC1=O. The van der Waals surface area contributed by atoms with Crippen molar-refractivity contribution in [2.45, 2.75) is 127 Å². The minimum Gasteiger partial charge on any atom is -0.508 e. The van der Waals surface area contributed by atoms with Crippen LogP contribution in [0, 0.1) is 11.8 Å². The second-order valence-corrected chi connectivity index (χ2v) is 20.1. The summed E-state index contributed by atoms with van der Waals surface area (Å²) in [7, 11) is 2.04. The van der Waals surface area contributed by atoms with Crippen molar-refractivity contribution in [2.75, 3.05) is 24.6 Å². The Kier molecular flexibility index (Phi) is 23.6. The van der Waals surface area contributed by atoms with Gasteiger partial charge in [-0.3, -0.25) is 58.2 Å². The highest BCUT2D eigenvalue weighted by molar-refractivity contribution is 8.76. The fourth-order valence-corrected chi connectivity index (χ4v) is 9.68. The number of phenols is 1. The molecule has 25 nitrogen and oxygen atoms in total. The molecule has 17 N–H and O–H groups in total. The number of amides is 11. The molecule has 0 radical (unpaired) electrons. The molecule has 0 aliphatic carbocycles. The van der Waals surface area contributed by atoms with E-state index in [-0.39, 0.29) is 49.0 Å². The normalized spacial score (nSPS) is 24.1. The van der Waals surface area contributed by atoms with Crippen molar-refractivity contribution in [3.8, 4) is 5.75 Å². The molecule has 3 rings (SSSR count). The number of nitrogens with zero attached hydrogens (tertiary/aromatic N) is 1. The first kappa shape index (κ1) is 58.1. The number of nitrogens with two attached hydrogens (primary N) is 4. The van der Waals surface area contributed by atoms with Gasteiger partial charge >= 0.3 is 0 Å². The Morgan fingerprint density at radius 1 is 0.814 bits per heavy atom. The van der Waals surface area contributed by atoms with E-state index in [1.165, 1.54) is 29.2 Å². The van der Waals surface area contributed by atoms with Crippen LogP contribution in [-0.2, 0) is 59.2 Å². The summed E-state index contributed by atoms with van der Waals surface area (Å²) >= 11 is 0. The zero-order valence-electron chi connectivity index (χ0n) is 39.6. The summed E-state index contributed by atoms with van der Waals surface area (Å²) in [4.78, 5) is 149. The lowest BCUT2D eigenvalue weighted by Crippen LogP contribution is -2.61. The van der Waals surface area contributed by atoms with Crippen molar-refractivity contribution >= 4 is 86.6 Å². The van der Waals surface area contributed by atoms with Crippen molar-refractivity contribution < 1.29 is 57.8 Å². The van der Waals surface area contributed by atoms with Crippen molar-refractivity contribution in [3.05, 3.63) is 29.8 Å². The average Bonchev–Trinajstić information content (AvgIpc) is 3.81. The molecule has 9 atom stereocenters. The molecule has 2 aliphatic rings. The molecule has 2 saturated heterocycles. The molecular formula is C43H67N13O12S2. The van der Waals surface area contributed by atoms with Gasteiger partial charge in [-0.1, -0.05) is 67.8 Å². The van der Waals surface area contributed by atoms with Gasteiger partial charge in [0.1, 0.15) is 48.0 Å². The zero-order valence-corrected chi connectivity index (χ0v) is 41.2. The van der Waals surface area contributed by atoms with E-state index in [2.05, 4.69) is 37.2 Å². The van der Waals surface area contributed by atoms with Crippen LogP contribution < -0.4 is 65.7 Å². The van der Waals surface area contributed by atoms with Crippen LogP contribution in [0.15, 0.2) is 24.3 Å². The number of primary amides is 2. The first-order valence-electron chi connectivity index (χ1n) is 22.8. The number of likely N-dealkylation sites (tertiary alicyclic amines) is 1. The van der Waals surface area contributed by atoms with E-state index in [4.69, 9.17) is 23.0 Å². The van der Waals surface area contributed by atoms with Gasteiger partial charge in [0.15, 0.2) is 0 Å². The highest BCUT2D eigenvalue weighted by Crippen LogP contribution is 2.26. The first-order chi connectivity index (χ1) is 33.0. The summed E-state index contributed by atoms with van der Waals surface area (Å²) in [6.07, 6.45) is -0.714. The topological polar surface area (TPSA) is 412 Å². The van der Waals surface area contributed by atoms with Crippen LogP contribution in [0.25, 0.3) is 0 Å². The molecule has 2 heterocycles. The summed E-state index contributed by atoms with van der Waals surface area (Å²) in [6, 6.07) is -5.11. The van der Waals surface area contributed by atoms with Gasteiger partial charge in [-0.25, -0.2) is 5.84 Å². The number of carbonyl (C=O) groups is 11. The minimum atomic E-state index is -1.76. The van der Waals surface area contributed by atoms with Gasteiger partial charge in [0.25, 0.3) is 0 Å². The Morgan fingerprint density at radius 2 is 1.43 bits per heavy atom. The van der Waals surface area contributed by atoms with Gasteiger partial charge < -0.3 is 64.4 Å². The third-order valence-corrected chi connectivity index (χ3v) is 13.9. The smallest absolute Gasteiger partial charge is 0.246 e. The van der Waals surface area contributed by atoms with Gasteiger partial charge in [0.2, 0.25) is 65.0 Å². The quantitative estimate of drug-likeness (QED) is 0.0305. The Hall–Kier alpha value is -6.19. The molecule has 0 aromatic heterocycles. The van der Waals surface area contributed by atoms with Crippen molar-refractivity contribution in [2.24, 2.45) is 34.9 Å². The summed E-state index contributed by atoms with van der Waals surface area (Å²) < 4.78 is 0. The standard InChI is InChI=1S/C43H67N13O12S2/c1-5-22(4)35-42(67)49-26(12-13-34(60)55-47)38(63)51-29(17-32(45)58)39(64)53-30(20-70-69-19-25(44)36(61)50-28(40(65)54-35)16-23-8-10-24(57)11-9-23)43(68)56-14-6-7-31(56)41(66)52-27(15-21(2)3)37(62)48-18-33(46)59/h8-11,21-22,25-31,35,57H,5-7,12-20,44,47H2,1-4H3,(H2,45,58)(H2,46,59)(H,48,62)(H,49,67)(H,50,61)(H,51,63)(H,52,66)(H,53,64)(H,54,65)(H,55,60). The van der Waals surface area contributed by atoms with E-state index in [0.29, 0.717) is 18.4 Å². The highest BCUT2D eigenvalue weighted by Gasteiger charge is 2.41. The fraction of sp³-hybridized carbons (Fsp3) is 0.605. The monoisotopic (exact) mass is 1020 g/mol. The predicted molar refractivity (Wildman–Crippen MR) is 258 cm³/mol. The van der Waals surface area contributed by atoms with Crippen molar-refractivity contribution in [1.29, 1.82) is 0 Å². The Bertz CT molecular complexity index is 2070. The van der Waals surface area contributed by atoms with Crippen LogP contribution in [-0.4, -0.2) is 148 Å². The second-order valence-electron chi connectivity index (χ2n) is 17.5. The van der Waals surface area contributed by atoms with Crippen LogP contribution in [0.5, 0.6) is 5.75 Å². The number of aromatic hydroxyl groups is 1. The molecule has 0 bridgehead atoms. The molecule has 2 aliphatic heterocycles. The first-order valence-corrected chi connectivity index (χ1v) is 25.3. The number of hydrogen-bond donors (Lipinski definition) is 13. The molecule has 1 aromatic rings. The number of carbonyl (C=O) groups excluding carboxylic acids is 11. The molecule has 1 aromatic carbocycles. The van der Waals surface area contributed by atoms with Gasteiger partial charge in [0, 0.05) is 30.9 Å². The Morgan fingerprint density at radius 3 is 2.04 bits per heavy atom. The lowest BCUT2D eigenvalue weighted by atomic mass is 9.96. The van der Waals surface area contributed by atoms with Crippen molar-refractivity contribution in [3.63, 3.8) is 0 Å². The van der Waals surface area contributed by atoms with Crippen LogP contribution >= 0.6 is 21.6 Å². The lowest BCUT2D eigenvalue weighted by Gasteiger charge is -2.31. The Labute approximate surface area is 413 Å². The third-order valence-electron chi connectivity index (χ3n) is 11.4. The molecule has 2 fully saturated rings. The lowest BCUT2D eigenvalue weighted by molar-refractivity contribution is -0.142. The number of nitrogens with one attached hydrogen (secondary N) is 8. The molecule has 0 spiro atoms. The van der Waals surface area contributed by atoms with E-state index in [0.717, 1.165) is 21.6 Å². The summed E-state index contributed by atoms with van der Waals surface area (Å²) in [5.41, 5.74) is 19.5. The molecule has 70 heavy (non-hydrogen) atoms. The molecule has 388 valence electrons. The van der Waals surface area contributed by atoms with Crippen molar-refractivity contribution in [1.82, 2.24) is 47.5 Å². The molecular weight excluding hydrogens is 955 g/mol. The number of rotatable bonds is 17. The van der Waals surface area contributed by atoms with E-state index < -0.39 is 145 Å². The maximum Gasteiger partial charge on any atom is 0.246 e. The Balaban J connectivity index is 2.06. The summed E-state index contributed by atoms with van der Waals surface area (Å²) in [5.74, 6) is -5.05. The van der Waals surface area contributed by atoms with Gasteiger partial charge in [0.05, 0.1) is 19.0 Å². The van der Waals surface area contributed by atoms with Crippen LogP contribution in [0.2, 0.25) is 0 Å². The molecule has 27 heteroatoms. The number of benzene rings is 1. The van der Waals surface area contributed by atoms with Crippen LogP contribution in [0.4, 0.5) is 0 Å². The third kappa shape index (κ3) is 18.6. The van der Waals surface area contributed by atoms with Gasteiger partial charge in [-0.05, 0) is 55.2 Å². The minimum absolute atomic E-state index is 0.0462. The number of hydrogen-bond acceptors (Lipinski definition) is 16. The number of phenolic OH excluding ortho intramolecular Hbond substituents is 1. The molecule has 9 unspecified atom stereocenters. The van der Waals surface area contributed by atoms with E-state index in [9.17, 15) is 57.8 Å². The highest BCUT2D eigenvalue weighted by atomic mass is 33.1. The molecule has 0 saturated carbocycles. The second kappa shape index (κ2) is 28.5.